The number of halogens is 1. The van der Waals surface area contributed by atoms with Gasteiger partial charge in [-0.1, -0.05) is 22.9 Å². The quantitative estimate of drug-likeness (QED) is 0.566. The Balaban J connectivity index is 0. The molecule has 0 N–H and O–H groups in total. The van der Waals surface area contributed by atoms with Crippen molar-refractivity contribution in [1.29, 1.82) is 0 Å². The fraction of sp³-hybridized carbons (Fsp3) is 0.333. The van der Waals surface area contributed by atoms with E-state index < -0.39 is 10.1 Å². The molecule has 0 heterocycles. The SMILES string of the molecule is CCCS(=O)(=O)Oc1ccc(Br)cc1.[H-].[Na+]. The predicted octanol–water partition coefficient (Wildman–Crippen LogP) is -0.316. The molecule has 0 aliphatic rings. The molecule has 0 fully saturated rings. The van der Waals surface area contributed by atoms with E-state index in [1.54, 1.807) is 31.2 Å². The van der Waals surface area contributed by atoms with Gasteiger partial charge in [0.25, 0.3) is 0 Å². The Hall–Kier alpha value is 0.450. The van der Waals surface area contributed by atoms with E-state index in [2.05, 4.69) is 15.9 Å². The standard InChI is InChI=1S/C9H11BrO3S.Na.H/c1-2-7-14(11,12)13-9-5-3-8(10)4-6-9;;/h3-6H,2,7H2,1H3;;/q;+1;-1. The molecule has 0 unspecified atom stereocenters. The van der Waals surface area contributed by atoms with Gasteiger partial charge in [-0.25, -0.2) is 0 Å². The van der Waals surface area contributed by atoms with Crippen molar-refractivity contribution in [2.45, 2.75) is 13.3 Å². The minimum Gasteiger partial charge on any atom is -1.00 e. The molecule has 0 amide bonds. The van der Waals surface area contributed by atoms with Gasteiger partial charge in [0.15, 0.2) is 0 Å². The average Bonchev–Trinajstić information content (AvgIpc) is 2.08. The third-order valence-electron chi connectivity index (χ3n) is 1.49. The van der Waals surface area contributed by atoms with E-state index in [1.165, 1.54) is 0 Å². The van der Waals surface area contributed by atoms with E-state index in [1.807, 2.05) is 0 Å². The van der Waals surface area contributed by atoms with Gasteiger partial charge in [-0.2, -0.15) is 8.42 Å². The molecular formula is C9H12BrNaO3S. The Bertz CT molecular complexity index is 394. The summed E-state index contributed by atoms with van der Waals surface area (Å²) in [5, 5.41) is 0. The van der Waals surface area contributed by atoms with Crippen LogP contribution in [0.2, 0.25) is 0 Å². The molecule has 0 atom stereocenters. The van der Waals surface area contributed by atoms with Crippen LogP contribution in [0.25, 0.3) is 0 Å². The van der Waals surface area contributed by atoms with E-state index in [0.29, 0.717) is 12.2 Å². The topological polar surface area (TPSA) is 43.4 Å². The molecule has 0 aromatic heterocycles. The summed E-state index contributed by atoms with van der Waals surface area (Å²) >= 11 is 3.25. The molecule has 1 rings (SSSR count). The molecule has 0 aliphatic heterocycles. The summed E-state index contributed by atoms with van der Waals surface area (Å²) in [4.78, 5) is 0. The third kappa shape index (κ3) is 5.92. The van der Waals surface area contributed by atoms with E-state index in [9.17, 15) is 8.42 Å². The van der Waals surface area contributed by atoms with Crippen LogP contribution in [0, 0.1) is 0 Å². The van der Waals surface area contributed by atoms with Crippen molar-refractivity contribution >= 4 is 26.0 Å². The number of rotatable bonds is 4. The smallest absolute Gasteiger partial charge is 1.00 e. The normalized spacial score (nSPS) is 10.5. The molecule has 0 saturated heterocycles. The van der Waals surface area contributed by atoms with E-state index in [0.717, 1.165) is 4.47 Å². The minimum atomic E-state index is -3.41. The van der Waals surface area contributed by atoms with Crippen LogP contribution in [-0.2, 0) is 10.1 Å². The van der Waals surface area contributed by atoms with Crippen LogP contribution in [0.15, 0.2) is 28.7 Å². The molecule has 80 valence electrons. The molecular weight excluding hydrogens is 291 g/mol. The molecule has 3 nitrogen and oxygen atoms in total. The molecule has 0 spiro atoms. The third-order valence-corrected chi connectivity index (χ3v) is 3.37. The summed E-state index contributed by atoms with van der Waals surface area (Å²) in [5.74, 6) is 0.393. The Morgan fingerprint density at radius 3 is 2.33 bits per heavy atom. The van der Waals surface area contributed by atoms with Gasteiger partial charge in [0.2, 0.25) is 0 Å². The molecule has 1 aromatic carbocycles. The van der Waals surface area contributed by atoms with Crippen molar-refractivity contribution < 1.29 is 43.6 Å². The summed E-state index contributed by atoms with van der Waals surface area (Å²) < 4.78 is 28.2. The fourth-order valence-corrected chi connectivity index (χ4v) is 2.18. The number of hydrogen-bond acceptors (Lipinski definition) is 3. The first-order valence-corrected chi connectivity index (χ1v) is 6.58. The monoisotopic (exact) mass is 302 g/mol. The van der Waals surface area contributed by atoms with E-state index >= 15 is 0 Å². The maximum absolute atomic E-state index is 11.3. The van der Waals surface area contributed by atoms with E-state index in [-0.39, 0.29) is 36.7 Å². The van der Waals surface area contributed by atoms with Gasteiger partial charge >= 0.3 is 39.7 Å². The van der Waals surface area contributed by atoms with Gasteiger partial charge in [-0.3, -0.25) is 0 Å². The zero-order valence-electron chi connectivity index (χ0n) is 9.73. The zero-order chi connectivity index (χ0) is 10.6. The van der Waals surface area contributed by atoms with Crippen LogP contribution in [0.4, 0.5) is 0 Å². The maximum Gasteiger partial charge on any atom is 1.00 e. The second-order valence-corrected chi connectivity index (χ2v) is 5.41. The van der Waals surface area contributed by atoms with Crippen molar-refractivity contribution in [3.05, 3.63) is 28.7 Å². The van der Waals surface area contributed by atoms with Gasteiger partial charge in [0, 0.05) is 4.47 Å². The second-order valence-electron chi connectivity index (χ2n) is 2.80. The summed E-state index contributed by atoms with van der Waals surface area (Å²) in [6, 6.07) is 6.68. The summed E-state index contributed by atoms with van der Waals surface area (Å²) in [6.07, 6.45) is 0.554. The molecule has 0 radical (unpaired) electrons. The van der Waals surface area contributed by atoms with Gasteiger partial charge in [-0.15, -0.1) is 0 Å². The molecule has 0 saturated carbocycles. The Kier molecular flexibility index (Phi) is 7.12. The van der Waals surface area contributed by atoms with E-state index in [4.69, 9.17) is 4.18 Å². The van der Waals surface area contributed by atoms with Gasteiger partial charge in [0.1, 0.15) is 5.75 Å². The Morgan fingerprint density at radius 2 is 1.87 bits per heavy atom. The minimum absolute atomic E-state index is 0. The van der Waals surface area contributed by atoms with Crippen LogP contribution < -0.4 is 33.7 Å². The zero-order valence-corrected chi connectivity index (χ0v) is 13.1. The fourth-order valence-electron chi connectivity index (χ4n) is 0.928. The Labute approximate surface area is 122 Å². The van der Waals surface area contributed by atoms with Crippen molar-refractivity contribution in [2.24, 2.45) is 0 Å². The molecule has 6 heteroatoms. The second kappa shape index (κ2) is 6.91. The van der Waals surface area contributed by atoms with Crippen LogP contribution in [0.1, 0.15) is 14.8 Å². The van der Waals surface area contributed by atoms with Crippen molar-refractivity contribution in [3.63, 3.8) is 0 Å². The first-order valence-electron chi connectivity index (χ1n) is 4.21. The first kappa shape index (κ1) is 15.4. The van der Waals surface area contributed by atoms with Crippen LogP contribution in [-0.4, -0.2) is 14.2 Å². The Morgan fingerprint density at radius 1 is 1.33 bits per heavy atom. The van der Waals surface area contributed by atoms with Crippen molar-refractivity contribution in [2.75, 3.05) is 5.75 Å². The van der Waals surface area contributed by atoms with Crippen LogP contribution in [0.3, 0.4) is 0 Å². The first-order chi connectivity index (χ1) is 6.53. The molecule has 0 aliphatic carbocycles. The van der Waals surface area contributed by atoms with Gasteiger partial charge in [0.05, 0.1) is 5.75 Å². The summed E-state index contributed by atoms with van der Waals surface area (Å²) in [6.45, 7) is 1.79. The number of hydrogen-bond donors (Lipinski definition) is 0. The number of benzene rings is 1. The molecule has 0 bridgehead atoms. The van der Waals surface area contributed by atoms with Gasteiger partial charge in [-0.05, 0) is 30.7 Å². The summed E-state index contributed by atoms with van der Waals surface area (Å²) in [7, 11) is -3.41. The van der Waals surface area contributed by atoms with Crippen molar-refractivity contribution in [3.8, 4) is 5.75 Å². The van der Waals surface area contributed by atoms with Crippen LogP contribution in [0.5, 0.6) is 5.75 Å². The van der Waals surface area contributed by atoms with Crippen LogP contribution >= 0.6 is 15.9 Å². The van der Waals surface area contributed by atoms with Crippen molar-refractivity contribution in [1.82, 2.24) is 0 Å². The van der Waals surface area contributed by atoms with Gasteiger partial charge < -0.3 is 5.61 Å². The molecule has 15 heavy (non-hydrogen) atoms. The summed E-state index contributed by atoms with van der Waals surface area (Å²) in [5.41, 5.74) is 0. The predicted molar refractivity (Wildman–Crippen MR) is 60.0 cm³/mol. The molecule has 1 aromatic rings. The largest absolute Gasteiger partial charge is 1.00 e. The maximum atomic E-state index is 11.3. The average molecular weight is 303 g/mol.